The molecule has 7 nitrogen and oxygen atoms in total. The molecular weight excluding hydrogens is 510 g/mol. The Labute approximate surface area is 252 Å². The van der Waals surface area contributed by atoms with Crippen LogP contribution >= 0.6 is 0 Å². The van der Waals surface area contributed by atoms with Crippen molar-refractivity contribution in [3.8, 4) is 0 Å². The second kappa shape index (κ2) is 15.5. The SMILES string of the molecule is CCNC=O.CNCCNC1CCC2(C)C(CCC3C2CCC2(C)C(C(C)C(=O)N(C)CCCN(C)C)CCC32)C1. The number of fused-ring (bicyclic) bond motifs is 5. The lowest BCUT2D eigenvalue weighted by Crippen LogP contribution is -2.55. The van der Waals surface area contributed by atoms with Gasteiger partial charge >= 0.3 is 0 Å². The fourth-order valence-corrected chi connectivity index (χ4v) is 10.0. The molecule has 238 valence electrons. The van der Waals surface area contributed by atoms with Gasteiger partial charge in [0.2, 0.25) is 12.3 Å². The summed E-state index contributed by atoms with van der Waals surface area (Å²) in [5, 5.41) is 9.56. The third-order valence-electron chi connectivity index (χ3n) is 12.3. The Hall–Kier alpha value is -1.18. The average Bonchev–Trinajstić information content (AvgIpc) is 3.30. The summed E-state index contributed by atoms with van der Waals surface area (Å²) in [6, 6.07) is 0.722. The van der Waals surface area contributed by atoms with Crippen LogP contribution in [0, 0.1) is 46.3 Å². The van der Waals surface area contributed by atoms with Crippen LogP contribution in [0.5, 0.6) is 0 Å². The van der Waals surface area contributed by atoms with Crippen molar-refractivity contribution in [2.24, 2.45) is 46.3 Å². The summed E-state index contributed by atoms with van der Waals surface area (Å²) in [6.07, 6.45) is 14.1. The van der Waals surface area contributed by atoms with Crippen LogP contribution in [0.2, 0.25) is 0 Å². The van der Waals surface area contributed by atoms with Gasteiger partial charge in [0.05, 0.1) is 0 Å². The topological polar surface area (TPSA) is 76.7 Å². The molecule has 4 rings (SSSR count). The molecule has 4 saturated carbocycles. The quantitative estimate of drug-likeness (QED) is 0.234. The van der Waals surface area contributed by atoms with Gasteiger partial charge in [-0.1, -0.05) is 20.8 Å². The van der Waals surface area contributed by atoms with Crippen molar-refractivity contribution in [2.75, 3.05) is 60.9 Å². The van der Waals surface area contributed by atoms with E-state index in [1.54, 1.807) is 0 Å². The molecule has 3 N–H and O–H groups in total. The lowest BCUT2D eigenvalue weighted by atomic mass is 9.44. The summed E-state index contributed by atoms with van der Waals surface area (Å²) in [5.41, 5.74) is 0.896. The van der Waals surface area contributed by atoms with E-state index in [2.05, 4.69) is 55.7 Å². The lowest BCUT2D eigenvalue weighted by molar-refractivity contribution is -0.141. The first-order valence-electron chi connectivity index (χ1n) is 17.0. The van der Waals surface area contributed by atoms with Crippen molar-refractivity contribution in [2.45, 2.75) is 97.9 Å². The molecule has 0 bridgehead atoms. The van der Waals surface area contributed by atoms with Gasteiger partial charge in [-0.25, -0.2) is 0 Å². The largest absolute Gasteiger partial charge is 0.359 e. The van der Waals surface area contributed by atoms with E-state index in [1.807, 2.05) is 25.9 Å². The number of carbonyl (C=O) groups is 2. The predicted octanol–water partition coefficient (Wildman–Crippen LogP) is 4.62. The van der Waals surface area contributed by atoms with Gasteiger partial charge in [0.15, 0.2) is 0 Å². The van der Waals surface area contributed by atoms with Crippen molar-refractivity contribution >= 4 is 12.3 Å². The summed E-state index contributed by atoms with van der Waals surface area (Å²) in [7, 11) is 8.31. The zero-order valence-electron chi connectivity index (χ0n) is 27.9. The Morgan fingerprint density at radius 3 is 2.29 bits per heavy atom. The summed E-state index contributed by atoms with van der Waals surface area (Å²) in [6.45, 7) is 14.2. The molecule has 0 aromatic rings. The number of hydrogen-bond acceptors (Lipinski definition) is 5. The lowest BCUT2D eigenvalue weighted by Gasteiger charge is -2.61. The summed E-state index contributed by atoms with van der Waals surface area (Å²) in [5.74, 6) is 4.64. The second-order valence-corrected chi connectivity index (χ2v) is 14.8. The molecule has 2 amide bonds. The highest BCUT2D eigenvalue weighted by Gasteiger charge is 2.61. The van der Waals surface area contributed by atoms with E-state index in [9.17, 15) is 9.59 Å². The third kappa shape index (κ3) is 7.86. The molecule has 0 aromatic heterocycles. The molecule has 0 spiro atoms. The van der Waals surface area contributed by atoms with Crippen molar-refractivity contribution in [3.63, 3.8) is 0 Å². The van der Waals surface area contributed by atoms with Crippen LogP contribution in [0.1, 0.15) is 91.9 Å². The summed E-state index contributed by atoms with van der Waals surface area (Å²) in [4.78, 5) is 27.0. The number of nitrogens with one attached hydrogen (secondary N) is 3. The minimum atomic E-state index is 0.159. The first kappa shape index (κ1) is 34.3. The maximum Gasteiger partial charge on any atom is 0.225 e. The number of hydrogen-bond donors (Lipinski definition) is 3. The molecule has 7 heteroatoms. The standard InChI is InChI=1S/C31H58N4O.C3H7NO/c1-22(29(36)35(7)20-8-19-34(5)6)26-11-12-27-25-10-9-23-21-24(33-18-17-32-4)13-15-30(23,2)28(25)14-16-31(26,27)3;1-2-4-3-5/h22-28,32-33H,8-21H2,1-7H3;3H,2H2,1H3,(H,4,5). The van der Waals surface area contributed by atoms with Gasteiger partial charge in [-0.2, -0.15) is 0 Å². The highest BCUT2D eigenvalue weighted by Crippen LogP contribution is 2.68. The molecule has 9 unspecified atom stereocenters. The number of likely N-dealkylation sites (N-methyl/N-ethyl adjacent to an activating group) is 1. The fraction of sp³-hybridized carbons (Fsp3) is 0.941. The van der Waals surface area contributed by atoms with Crippen LogP contribution in [-0.4, -0.2) is 89.1 Å². The normalized spacial score (nSPS) is 36.7. The van der Waals surface area contributed by atoms with Gasteiger partial charge in [-0.05, 0) is 139 Å². The Morgan fingerprint density at radius 2 is 1.66 bits per heavy atom. The first-order chi connectivity index (χ1) is 19.5. The minimum absolute atomic E-state index is 0.159. The van der Waals surface area contributed by atoms with E-state index in [4.69, 9.17) is 0 Å². The minimum Gasteiger partial charge on any atom is -0.359 e. The van der Waals surface area contributed by atoms with Gasteiger partial charge in [-0.3, -0.25) is 9.59 Å². The van der Waals surface area contributed by atoms with Gasteiger partial charge in [-0.15, -0.1) is 0 Å². The van der Waals surface area contributed by atoms with Crippen molar-refractivity contribution < 1.29 is 9.59 Å². The van der Waals surface area contributed by atoms with Gasteiger partial charge in [0, 0.05) is 45.2 Å². The van der Waals surface area contributed by atoms with E-state index in [0.717, 1.165) is 68.9 Å². The van der Waals surface area contributed by atoms with Crippen molar-refractivity contribution in [1.82, 2.24) is 25.8 Å². The molecule has 0 aliphatic heterocycles. The maximum absolute atomic E-state index is 13.5. The molecule has 0 aromatic carbocycles. The van der Waals surface area contributed by atoms with Crippen LogP contribution in [-0.2, 0) is 9.59 Å². The van der Waals surface area contributed by atoms with Crippen LogP contribution in [0.4, 0.5) is 0 Å². The smallest absolute Gasteiger partial charge is 0.225 e. The highest BCUT2D eigenvalue weighted by atomic mass is 16.2. The van der Waals surface area contributed by atoms with Gasteiger partial charge < -0.3 is 25.8 Å². The van der Waals surface area contributed by atoms with Crippen LogP contribution in [0.25, 0.3) is 0 Å². The van der Waals surface area contributed by atoms with Crippen LogP contribution < -0.4 is 16.0 Å². The van der Waals surface area contributed by atoms with Crippen LogP contribution in [0.15, 0.2) is 0 Å². The van der Waals surface area contributed by atoms with Gasteiger partial charge in [0.25, 0.3) is 0 Å². The Morgan fingerprint density at radius 1 is 0.951 bits per heavy atom. The summed E-state index contributed by atoms with van der Waals surface area (Å²) < 4.78 is 0. The van der Waals surface area contributed by atoms with Crippen LogP contribution in [0.3, 0.4) is 0 Å². The predicted molar refractivity (Wildman–Crippen MR) is 171 cm³/mol. The Kier molecular flexibility index (Phi) is 13.0. The van der Waals surface area contributed by atoms with Crippen molar-refractivity contribution in [3.05, 3.63) is 0 Å². The summed E-state index contributed by atoms with van der Waals surface area (Å²) >= 11 is 0. The molecule has 4 fully saturated rings. The van der Waals surface area contributed by atoms with E-state index >= 15 is 0 Å². The molecule has 0 saturated heterocycles. The monoisotopic (exact) mass is 576 g/mol. The fourth-order valence-electron chi connectivity index (χ4n) is 10.0. The number of nitrogens with zero attached hydrogens (tertiary/aromatic N) is 2. The molecule has 0 heterocycles. The molecule has 0 radical (unpaired) electrons. The van der Waals surface area contributed by atoms with Crippen molar-refractivity contribution in [1.29, 1.82) is 0 Å². The van der Waals surface area contributed by atoms with E-state index in [1.165, 1.54) is 57.8 Å². The molecular formula is C34H65N5O2. The molecule has 4 aliphatic rings. The zero-order valence-corrected chi connectivity index (χ0v) is 27.9. The van der Waals surface area contributed by atoms with E-state index < -0.39 is 0 Å². The molecule has 9 atom stereocenters. The van der Waals surface area contributed by atoms with E-state index in [-0.39, 0.29) is 5.92 Å². The maximum atomic E-state index is 13.5. The molecule has 4 aliphatic carbocycles. The average molecular weight is 576 g/mol. The third-order valence-corrected chi connectivity index (χ3v) is 12.3. The zero-order chi connectivity index (χ0) is 30.2. The van der Waals surface area contributed by atoms with Gasteiger partial charge in [0.1, 0.15) is 0 Å². The second-order valence-electron chi connectivity index (χ2n) is 14.8. The number of amides is 2. The molecule has 41 heavy (non-hydrogen) atoms. The highest BCUT2D eigenvalue weighted by molar-refractivity contribution is 5.78. The Bertz CT molecular complexity index is 823. The first-order valence-corrected chi connectivity index (χ1v) is 17.0. The number of carbonyl (C=O) groups excluding carboxylic acids is 2. The Balaban J connectivity index is 0.000000850. The number of rotatable bonds is 12. The van der Waals surface area contributed by atoms with E-state index in [0.29, 0.717) is 29.1 Å².